The highest BCUT2D eigenvalue weighted by atomic mass is 79.9. The highest BCUT2D eigenvalue weighted by Gasteiger charge is 2.10. The van der Waals surface area contributed by atoms with Crippen molar-refractivity contribution in [3.8, 4) is 17.2 Å². The first kappa shape index (κ1) is 14.2. The van der Waals surface area contributed by atoms with E-state index in [4.69, 9.17) is 20.4 Å². The molecule has 0 saturated carbocycles. The van der Waals surface area contributed by atoms with Crippen molar-refractivity contribution in [3.05, 3.63) is 52.5 Å². The second kappa shape index (κ2) is 6.29. The number of benzene rings is 2. The third-order valence-corrected chi connectivity index (χ3v) is 3.25. The smallest absolute Gasteiger partial charge is 0.173 e. The van der Waals surface area contributed by atoms with Gasteiger partial charge in [0.1, 0.15) is 17.2 Å². The predicted molar refractivity (Wildman–Crippen MR) is 79.7 cm³/mol. The number of nitrogens with zero attached hydrogens (tertiary/aromatic N) is 1. The Labute approximate surface area is 124 Å². The minimum atomic E-state index is -0.00904. The number of para-hydroxylation sites is 1. The maximum atomic E-state index is 8.78. The molecule has 20 heavy (non-hydrogen) atoms. The molecule has 0 unspecified atom stereocenters. The van der Waals surface area contributed by atoms with Gasteiger partial charge in [-0.15, -0.1) is 0 Å². The number of halogens is 1. The van der Waals surface area contributed by atoms with Crippen LogP contribution in [-0.4, -0.2) is 18.2 Å². The predicted octanol–water partition coefficient (Wildman–Crippen LogP) is 3.34. The Morgan fingerprint density at radius 1 is 1.20 bits per heavy atom. The van der Waals surface area contributed by atoms with Gasteiger partial charge in [-0.05, 0) is 46.3 Å². The molecular formula is C14H13BrN2O3. The Morgan fingerprint density at radius 2 is 1.95 bits per heavy atom. The average molecular weight is 337 g/mol. The van der Waals surface area contributed by atoms with Gasteiger partial charge in [0, 0.05) is 0 Å². The van der Waals surface area contributed by atoms with Crippen molar-refractivity contribution in [2.75, 3.05) is 7.11 Å². The van der Waals surface area contributed by atoms with E-state index in [2.05, 4.69) is 21.1 Å². The van der Waals surface area contributed by atoms with Gasteiger partial charge >= 0.3 is 0 Å². The molecule has 0 aliphatic rings. The van der Waals surface area contributed by atoms with Crippen molar-refractivity contribution >= 4 is 21.8 Å². The molecule has 0 heterocycles. The number of methoxy groups -OCH3 is 1. The van der Waals surface area contributed by atoms with Gasteiger partial charge in [-0.2, -0.15) is 0 Å². The van der Waals surface area contributed by atoms with Crippen LogP contribution < -0.4 is 15.2 Å². The number of rotatable bonds is 4. The highest BCUT2D eigenvalue weighted by Crippen LogP contribution is 2.33. The van der Waals surface area contributed by atoms with Gasteiger partial charge in [0.15, 0.2) is 5.84 Å². The molecule has 6 heteroatoms. The monoisotopic (exact) mass is 336 g/mol. The van der Waals surface area contributed by atoms with E-state index in [9.17, 15) is 0 Å². The number of hydrogen-bond acceptors (Lipinski definition) is 4. The van der Waals surface area contributed by atoms with Crippen LogP contribution in [0.3, 0.4) is 0 Å². The molecule has 0 aromatic heterocycles. The van der Waals surface area contributed by atoms with E-state index >= 15 is 0 Å². The minimum absolute atomic E-state index is 0.00904. The van der Waals surface area contributed by atoms with Crippen molar-refractivity contribution in [2.45, 2.75) is 0 Å². The molecule has 0 spiro atoms. The highest BCUT2D eigenvalue weighted by molar-refractivity contribution is 9.10. The average Bonchev–Trinajstić information content (AvgIpc) is 2.49. The number of amidine groups is 1. The van der Waals surface area contributed by atoms with E-state index in [1.165, 1.54) is 0 Å². The van der Waals surface area contributed by atoms with Crippen LogP contribution in [0, 0.1) is 0 Å². The Bertz CT molecular complexity index is 644. The Kier molecular flexibility index (Phi) is 4.47. The molecule has 0 amide bonds. The summed E-state index contributed by atoms with van der Waals surface area (Å²) in [5, 5.41) is 11.8. The summed E-state index contributed by atoms with van der Waals surface area (Å²) in [6, 6.07) is 12.4. The van der Waals surface area contributed by atoms with Crippen LogP contribution in [0.15, 0.2) is 52.1 Å². The summed E-state index contributed by atoms with van der Waals surface area (Å²) >= 11 is 3.41. The van der Waals surface area contributed by atoms with E-state index in [1.54, 1.807) is 49.6 Å². The van der Waals surface area contributed by atoms with Crippen molar-refractivity contribution in [2.24, 2.45) is 10.9 Å². The van der Waals surface area contributed by atoms with Gasteiger partial charge in [-0.25, -0.2) is 0 Å². The second-order valence-electron chi connectivity index (χ2n) is 3.88. The zero-order chi connectivity index (χ0) is 14.5. The lowest BCUT2D eigenvalue weighted by atomic mass is 10.2. The fraction of sp³-hybridized carbons (Fsp3) is 0.0714. The summed E-state index contributed by atoms with van der Waals surface area (Å²) < 4.78 is 11.7. The Morgan fingerprint density at radius 3 is 2.60 bits per heavy atom. The minimum Gasteiger partial charge on any atom is -0.497 e. The van der Waals surface area contributed by atoms with Gasteiger partial charge in [-0.3, -0.25) is 0 Å². The fourth-order valence-electron chi connectivity index (χ4n) is 1.63. The molecule has 5 nitrogen and oxygen atoms in total. The summed E-state index contributed by atoms with van der Waals surface area (Å²) in [4.78, 5) is 0. The van der Waals surface area contributed by atoms with Crippen LogP contribution in [0.4, 0.5) is 0 Å². The molecule has 3 N–H and O–H groups in total. The molecule has 0 atom stereocenters. The zero-order valence-electron chi connectivity index (χ0n) is 10.7. The molecule has 0 radical (unpaired) electrons. The van der Waals surface area contributed by atoms with Crippen LogP contribution in [-0.2, 0) is 0 Å². The molecule has 0 bridgehead atoms. The van der Waals surface area contributed by atoms with Gasteiger partial charge in [0.25, 0.3) is 0 Å². The van der Waals surface area contributed by atoms with E-state index < -0.39 is 0 Å². The van der Waals surface area contributed by atoms with Gasteiger partial charge < -0.3 is 20.4 Å². The SMILES string of the molecule is COc1ccc(Oc2ccccc2/C(N)=N/O)c(Br)c1. The van der Waals surface area contributed by atoms with E-state index in [1.807, 2.05) is 0 Å². The molecule has 0 aliphatic carbocycles. The lowest BCUT2D eigenvalue weighted by Crippen LogP contribution is -2.14. The Hall–Kier alpha value is -2.21. The first-order chi connectivity index (χ1) is 9.65. The molecule has 2 rings (SSSR count). The number of ether oxygens (including phenoxy) is 2. The fourth-order valence-corrected chi connectivity index (χ4v) is 2.07. The lowest BCUT2D eigenvalue weighted by molar-refractivity contribution is 0.318. The largest absolute Gasteiger partial charge is 0.497 e. The summed E-state index contributed by atoms with van der Waals surface area (Å²) in [6.07, 6.45) is 0. The topological polar surface area (TPSA) is 77.1 Å². The van der Waals surface area contributed by atoms with E-state index in [-0.39, 0.29) is 5.84 Å². The number of hydrogen-bond donors (Lipinski definition) is 2. The molecule has 2 aromatic carbocycles. The zero-order valence-corrected chi connectivity index (χ0v) is 12.3. The molecule has 0 aliphatic heterocycles. The normalized spacial score (nSPS) is 11.2. The number of nitrogens with two attached hydrogens (primary N) is 1. The first-order valence-electron chi connectivity index (χ1n) is 5.74. The van der Waals surface area contributed by atoms with Gasteiger partial charge in [0.05, 0.1) is 17.1 Å². The van der Waals surface area contributed by atoms with Crippen molar-refractivity contribution in [3.63, 3.8) is 0 Å². The third-order valence-electron chi connectivity index (χ3n) is 2.63. The maximum Gasteiger partial charge on any atom is 0.173 e. The molecule has 0 saturated heterocycles. The van der Waals surface area contributed by atoms with Crippen molar-refractivity contribution in [1.82, 2.24) is 0 Å². The van der Waals surface area contributed by atoms with Crippen LogP contribution in [0.1, 0.15) is 5.56 Å². The van der Waals surface area contributed by atoms with E-state index in [0.717, 1.165) is 4.47 Å². The molecular weight excluding hydrogens is 324 g/mol. The Balaban J connectivity index is 2.35. The lowest BCUT2D eigenvalue weighted by Gasteiger charge is -2.12. The molecule has 104 valence electrons. The summed E-state index contributed by atoms with van der Waals surface area (Å²) in [6.45, 7) is 0. The standard InChI is InChI=1S/C14H13BrN2O3/c1-19-9-6-7-13(11(15)8-9)20-12-5-3-2-4-10(12)14(16)17-18/h2-8,18H,1H3,(H2,16,17). The maximum absolute atomic E-state index is 8.78. The summed E-state index contributed by atoms with van der Waals surface area (Å²) in [5.74, 6) is 1.80. The second-order valence-corrected chi connectivity index (χ2v) is 4.73. The van der Waals surface area contributed by atoms with Gasteiger partial charge in [-0.1, -0.05) is 17.3 Å². The van der Waals surface area contributed by atoms with Crippen molar-refractivity contribution in [1.29, 1.82) is 0 Å². The quantitative estimate of drug-likeness (QED) is 0.388. The number of oxime groups is 1. The molecule has 2 aromatic rings. The summed E-state index contributed by atoms with van der Waals surface area (Å²) in [7, 11) is 1.59. The van der Waals surface area contributed by atoms with Crippen LogP contribution in [0.25, 0.3) is 0 Å². The first-order valence-corrected chi connectivity index (χ1v) is 6.53. The van der Waals surface area contributed by atoms with Crippen LogP contribution in [0.2, 0.25) is 0 Å². The molecule has 0 fully saturated rings. The van der Waals surface area contributed by atoms with Gasteiger partial charge in [0.2, 0.25) is 0 Å². The third kappa shape index (κ3) is 3.03. The van der Waals surface area contributed by atoms with E-state index in [0.29, 0.717) is 22.8 Å². The summed E-state index contributed by atoms with van der Waals surface area (Å²) in [5.41, 5.74) is 6.13. The van der Waals surface area contributed by atoms with Crippen LogP contribution in [0.5, 0.6) is 17.2 Å². The van der Waals surface area contributed by atoms with Crippen LogP contribution >= 0.6 is 15.9 Å². The van der Waals surface area contributed by atoms with Crippen molar-refractivity contribution < 1.29 is 14.7 Å².